The van der Waals surface area contributed by atoms with Gasteiger partial charge in [-0.05, 0) is 36.4 Å². The molecule has 4 aromatic rings. The largest absolute Gasteiger partial charge is 0.478 e. The molecule has 0 saturated carbocycles. The molecular formula is C17H11N3O3. The highest BCUT2D eigenvalue weighted by Gasteiger charge is 2.11. The number of aromatic nitrogens is 3. The Balaban J connectivity index is 1.80. The minimum absolute atomic E-state index is 0.196. The molecule has 0 aliphatic heterocycles. The molecule has 0 saturated heterocycles. The Morgan fingerprint density at radius 2 is 2.04 bits per heavy atom. The van der Waals surface area contributed by atoms with Gasteiger partial charge >= 0.3 is 5.97 Å². The van der Waals surface area contributed by atoms with Crippen molar-refractivity contribution in [1.29, 1.82) is 0 Å². The van der Waals surface area contributed by atoms with Crippen LogP contribution in [0.3, 0.4) is 0 Å². The molecule has 0 unspecified atom stereocenters. The van der Waals surface area contributed by atoms with Crippen molar-refractivity contribution in [3.05, 3.63) is 66.5 Å². The minimum Gasteiger partial charge on any atom is -0.478 e. The maximum absolute atomic E-state index is 11.1. The average Bonchev–Trinajstić information content (AvgIpc) is 3.23. The van der Waals surface area contributed by atoms with Crippen molar-refractivity contribution in [2.75, 3.05) is 0 Å². The summed E-state index contributed by atoms with van der Waals surface area (Å²) in [7, 11) is 0. The minimum atomic E-state index is -0.982. The molecular weight excluding hydrogens is 294 g/mol. The van der Waals surface area contributed by atoms with E-state index in [2.05, 4.69) is 10.1 Å². The Kier molecular flexibility index (Phi) is 2.94. The summed E-state index contributed by atoms with van der Waals surface area (Å²) < 4.78 is 7.51. The van der Waals surface area contributed by atoms with E-state index in [0.29, 0.717) is 22.6 Å². The first-order chi connectivity index (χ1) is 11.2. The Morgan fingerprint density at radius 1 is 1.13 bits per heavy atom. The normalized spacial score (nSPS) is 11.0. The Morgan fingerprint density at radius 3 is 2.83 bits per heavy atom. The molecule has 2 heterocycles. The molecule has 0 aliphatic rings. The molecule has 2 aromatic carbocycles. The van der Waals surface area contributed by atoms with Gasteiger partial charge in [0.1, 0.15) is 5.52 Å². The van der Waals surface area contributed by atoms with Crippen LogP contribution >= 0.6 is 0 Å². The van der Waals surface area contributed by atoms with Crippen LogP contribution in [0, 0.1) is 0 Å². The quantitative estimate of drug-likeness (QED) is 0.627. The van der Waals surface area contributed by atoms with Gasteiger partial charge in [0.2, 0.25) is 5.89 Å². The monoisotopic (exact) mass is 305 g/mol. The lowest BCUT2D eigenvalue weighted by Gasteiger charge is -1.99. The number of rotatable bonds is 3. The van der Waals surface area contributed by atoms with Gasteiger partial charge in [-0.2, -0.15) is 5.10 Å². The van der Waals surface area contributed by atoms with E-state index < -0.39 is 5.97 Å². The molecule has 0 atom stereocenters. The first-order valence-electron chi connectivity index (χ1n) is 6.95. The molecule has 112 valence electrons. The highest BCUT2D eigenvalue weighted by molar-refractivity contribution is 5.89. The first-order valence-corrected chi connectivity index (χ1v) is 6.95. The third-order valence-corrected chi connectivity index (χ3v) is 3.50. The fourth-order valence-electron chi connectivity index (χ4n) is 2.39. The smallest absolute Gasteiger partial charge is 0.335 e. The van der Waals surface area contributed by atoms with Crippen LogP contribution in [-0.2, 0) is 0 Å². The van der Waals surface area contributed by atoms with Gasteiger partial charge in [0.25, 0.3) is 0 Å². The number of carboxylic acid groups (broad SMARTS) is 1. The highest BCUT2D eigenvalue weighted by atomic mass is 16.4. The number of hydrogen-bond donors (Lipinski definition) is 1. The van der Waals surface area contributed by atoms with E-state index in [4.69, 9.17) is 9.52 Å². The van der Waals surface area contributed by atoms with Crippen LogP contribution in [0.2, 0.25) is 0 Å². The SMILES string of the molecule is O=C(O)c1cccc(-c2nc3ccc(-n4cccn4)cc3o2)c1. The zero-order valence-electron chi connectivity index (χ0n) is 11.9. The van der Waals surface area contributed by atoms with Gasteiger partial charge < -0.3 is 9.52 Å². The van der Waals surface area contributed by atoms with Crippen LogP contribution in [0.1, 0.15) is 10.4 Å². The van der Waals surface area contributed by atoms with Crippen LogP contribution in [0.5, 0.6) is 0 Å². The Hall–Kier alpha value is -3.41. The van der Waals surface area contributed by atoms with Crippen LogP contribution < -0.4 is 0 Å². The summed E-state index contributed by atoms with van der Waals surface area (Å²) >= 11 is 0. The summed E-state index contributed by atoms with van der Waals surface area (Å²) in [6.45, 7) is 0. The maximum atomic E-state index is 11.1. The lowest BCUT2D eigenvalue weighted by molar-refractivity contribution is 0.0697. The summed E-state index contributed by atoms with van der Waals surface area (Å²) in [5.41, 5.74) is 3.01. The molecule has 6 heteroatoms. The summed E-state index contributed by atoms with van der Waals surface area (Å²) in [6.07, 6.45) is 3.54. The van der Waals surface area contributed by atoms with Crippen LogP contribution in [-0.4, -0.2) is 25.8 Å². The number of benzene rings is 2. The third-order valence-electron chi connectivity index (χ3n) is 3.50. The molecule has 0 radical (unpaired) electrons. The van der Waals surface area contributed by atoms with Gasteiger partial charge in [-0.15, -0.1) is 0 Å². The van der Waals surface area contributed by atoms with E-state index in [-0.39, 0.29) is 5.56 Å². The second-order valence-electron chi connectivity index (χ2n) is 5.01. The van der Waals surface area contributed by atoms with E-state index in [0.717, 1.165) is 5.69 Å². The van der Waals surface area contributed by atoms with Crippen molar-refractivity contribution in [3.8, 4) is 17.1 Å². The zero-order valence-corrected chi connectivity index (χ0v) is 11.9. The van der Waals surface area contributed by atoms with Crippen LogP contribution in [0.15, 0.2) is 65.3 Å². The van der Waals surface area contributed by atoms with Crippen LogP contribution in [0.4, 0.5) is 0 Å². The fraction of sp³-hybridized carbons (Fsp3) is 0. The number of carboxylic acids is 1. The molecule has 0 aliphatic carbocycles. The summed E-state index contributed by atoms with van der Waals surface area (Å²) in [5, 5.41) is 13.3. The molecule has 6 nitrogen and oxygen atoms in total. The Bertz CT molecular complexity index is 1000. The van der Waals surface area contributed by atoms with E-state index in [1.165, 1.54) is 6.07 Å². The first kappa shape index (κ1) is 13.3. The lowest BCUT2D eigenvalue weighted by atomic mass is 10.1. The zero-order chi connectivity index (χ0) is 15.8. The molecule has 1 N–H and O–H groups in total. The van der Waals surface area contributed by atoms with E-state index in [1.807, 2.05) is 30.5 Å². The van der Waals surface area contributed by atoms with E-state index >= 15 is 0 Å². The molecule has 0 spiro atoms. The fourth-order valence-corrected chi connectivity index (χ4v) is 2.39. The number of nitrogens with zero attached hydrogens (tertiary/aromatic N) is 3. The van der Waals surface area contributed by atoms with Crippen LogP contribution in [0.25, 0.3) is 28.2 Å². The number of oxazole rings is 1. The van der Waals surface area contributed by atoms with Gasteiger partial charge in [-0.25, -0.2) is 14.5 Å². The molecule has 0 fully saturated rings. The molecule has 0 amide bonds. The molecule has 0 bridgehead atoms. The maximum Gasteiger partial charge on any atom is 0.335 e. The Labute approximate surface area is 130 Å². The van der Waals surface area contributed by atoms with E-state index in [1.54, 1.807) is 29.1 Å². The molecule has 23 heavy (non-hydrogen) atoms. The van der Waals surface area contributed by atoms with E-state index in [9.17, 15) is 4.79 Å². The second kappa shape index (κ2) is 5.10. The van der Waals surface area contributed by atoms with Crippen molar-refractivity contribution in [1.82, 2.24) is 14.8 Å². The van der Waals surface area contributed by atoms with Crippen molar-refractivity contribution < 1.29 is 14.3 Å². The van der Waals surface area contributed by atoms with Crippen molar-refractivity contribution in [2.24, 2.45) is 0 Å². The topological polar surface area (TPSA) is 81.1 Å². The second-order valence-corrected chi connectivity index (χ2v) is 5.01. The number of carbonyl (C=O) groups is 1. The highest BCUT2D eigenvalue weighted by Crippen LogP contribution is 2.26. The number of aromatic carboxylic acids is 1. The summed E-state index contributed by atoms with van der Waals surface area (Å²) in [4.78, 5) is 15.5. The van der Waals surface area contributed by atoms with Crippen molar-refractivity contribution in [2.45, 2.75) is 0 Å². The third kappa shape index (κ3) is 2.36. The average molecular weight is 305 g/mol. The molecule has 2 aromatic heterocycles. The van der Waals surface area contributed by atoms with Gasteiger partial charge in [-0.3, -0.25) is 0 Å². The van der Waals surface area contributed by atoms with Gasteiger partial charge in [0.15, 0.2) is 5.58 Å². The predicted molar refractivity (Wildman–Crippen MR) is 83.5 cm³/mol. The van der Waals surface area contributed by atoms with Crippen molar-refractivity contribution >= 4 is 17.1 Å². The summed E-state index contributed by atoms with van der Waals surface area (Å²) in [6, 6.07) is 13.9. The summed E-state index contributed by atoms with van der Waals surface area (Å²) in [5.74, 6) is -0.593. The van der Waals surface area contributed by atoms with Gasteiger partial charge in [-0.1, -0.05) is 6.07 Å². The number of hydrogen-bond acceptors (Lipinski definition) is 4. The number of fused-ring (bicyclic) bond motifs is 1. The lowest BCUT2D eigenvalue weighted by Crippen LogP contribution is -1.95. The van der Waals surface area contributed by atoms with Gasteiger partial charge in [0.05, 0.1) is 11.3 Å². The predicted octanol–water partition coefficient (Wildman–Crippen LogP) is 3.38. The molecule has 4 rings (SSSR count). The standard InChI is InChI=1S/C17H11N3O3/c21-17(22)12-4-1-3-11(9-12)16-19-14-6-5-13(10-15(14)23-16)20-8-2-7-18-20/h1-10H,(H,21,22). The van der Waals surface area contributed by atoms with Crippen molar-refractivity contribution in [3.63, 3.8) is 0 Å². The van der Waals surface area contributed by atoms with Gasteiger partial charge in [0, 0.05) is 24.0 Å².